The fraction of sp³-hybridized carbons (Fsp3) is 0.600. The molecule has 0 saturated heterocycles. The summed E-state index contributed by atoms with van der Waals surface area (Å²) in [6, 6.07) is 6.39. The first kappa shape index (κ1) is 16.1. The van der Waals surface area contributed by atoms with Crippen molar-refractivity contribution in [3.8, 4) is 0 Å². The molecule has 1 aromatic rings. The zero-order chi connectivity index (χ0) is 14.3. The number of hydrogen-bond acceptors (Lipinski definition) is 3. The second kappa shape index (κ2) is 8.25. The molecule has 1 aromatic carbocycles. The van der Waals surface area contributed by atoms with Gasteiger partial charge in [-0.25, -0.2) is 4.39 Å². The largest absolute Gasteiger partial charge is 0.395 e. The van der Waals surface area contributed by atoms with Crippen LogP contribution in [0.3, 0.4) is 0 Å². The molecule has 1 rings (SSSR count). The first-order valence-corrected chi connectivity index (χ1v) is 6.96. The fourth-order valence-electron chi connectivity index (χ4n) is 2.42. The highest BCUT2D eigenvalue weighted by molar-refractivity contribution is 5.21. The van der Waals surface area contributed by atoms with Gasteiger partial charge in [0.2, 0.25) is 0 Å². The molecule has 4 heteroatoms. The topological polar surface area (TPSA) is 49.5 Å². The average Bonchev–Trinajstić information content (AvgIpc) is 2.36. The van der Waals surface area contributed by atoms with Crippen LogP contribution in [-0.4, -0.2) is 35.7 Å². The summed E-state index contributed by atoms with van der Waals surface area (Å²) in [5.74, 6) is -0.248. The summed E-state index contributed by atoms with van der Waals surface area (Å²) >= 11 is 0. The summed E-state index contributed by atoms with van der Waals surface area (Å²) < 4.78 is 13.4. The molecule has 0 aliphatic heterocycles. The van der Waals surface area contributed by atoms with Crippen molar-refractivity contribution in [3.63, 3.8) is 0 Å². The molecule has 0 radical (unpaired) electrons. The standard InChI is InChI=1S/C15H25FN2O/c1-3-4-8-18(9-10-19)15(12(2)17)13-6-5-7-14(16)11-13/h5-7,11-12,15,19H,3-4,8-10,17H2,1-2H3. The fourth-order valence-corrected chi connectivity index (χ4v) is 2.42. The Bertz CT molecular complexity index is 371. The van der Waals surface area contributed by atoms with E-state index < -0.39 is 0 Å². The van der Waals surface area contributed by atoms with Gasteiger partial charge in [0.15, 0.2) is 0 Å². The summed E-state index contributed by atoms with van der Waals surface area (Å²) in [6.45, 7) is 5.55. The van der Waals surface area contributed by atoms with E-state index in [1.165, 1.54) is 12.1 Å². The molecular weight excluding hydrogens is 243 g/mol. The molecular formula is C15H25FN2O. The summed E-state index contributed by atoms with van der Waals surface area (Å²) in [5, 5.41) is 9.21. The maximum Gasteiger partial charge on any atom is 0.123 e. The molecule has 3 N–H and O–H groups in total. The first-order chi connectivity index (χ1) is 9.10. The van der Waals surface area contributed by atoms with Crippen molar-refractivity contribution in [2.45, 2.75) is 38.8 Å². The van der Waals surface area contributed by atoms with Gasteiger partial charge in [0.25, 0.3) is 0 Å². The number of aliphatic hydroxyl groups is 1. The third-order valence-corrected chi connectivity index (χ3v) is 3.27. The van der Waals surface area contributed by atoms with Gasteiger partial charge in [0.05, 0.1) is 6.61 Å². The molecule has 0 spiro atoms. The number of aliphatic hydroxyl groups excluding tert-OH is 1. The minimum Gasteiger partial charge on any atom is -0.395 e. The van der Waals surface area contributed by atoms with E-state index >= 15 is 0 Å². The van der Waals surface area contributed by atoms with Crippen LogP contribution in [0, 0.1) is 5.82 Å². The molecule has 0 bridgehead atoms. The normalized spacial score (nSPS) is 14.6. The predicted molar refractivity (Wildman–Crippen MR) is 76.4 cm³/mol. The number of hydrogen-bond donors (Lipinski definition) is 2. The van der Waals surface area contributed by atoms with Gasteiger partial charge in [-0.15, -0.1) is 0 Å². The lowest BCUT2D eigenvalue weighted by Crippen LogP contribution is -2.41. The van der Waals surface area contributed by atoms with Gasteiger partial charge in [-0.1, -0.05) is 25.5 Å². The van der Waals surface area contributed by atoms with E-state index in [1.807, 2.05) is 13.0 Å². The van der Waals surface area contributed by atoms with E-state index in [1.54, 1.807) is 6.07 Å². The second-order valence-corrected chi connectivity index (χ2v) is 4.97. The third-order valence-electron chi connectivity index (χ3n) is 3.27. The molecule has 2 unspecified atom stereocenters. The zero-order valence-corrected chi connectivity index (χ0v) is 11.8. The molecule has 0 heterocycles. The minimum atomic E-state index is -0.248. The highest BCUT2D eigenvalue weighted by Crippen LogP contribution is 2.24. The molecule has 108 valence electrons. The van der Waals surface area contributed by atoms with Crippen LogP contribution in [0.15, 0.2) is 24.3 Å². The van der Waals surface area contributed by atoms with Crippen LogP contribution in [0.4, 0.5) is 4.39 Å². The molecule has 0 fully saturated rings. The molecule has 0 saturated carbocycles. The smallest absolute Gasteiger partial charge is 0.123 e. The number of nitrogens with two attached hydrogens (primary N) is 1. The number of nitrogens with zero attached hydrogens (tertiary/aromatic N) is 1. The molecule has 0 amide bonds. The third kappa shape index (κ3) is 4.90. The van der Waals surface area contributed by atoms with E-state index in [0.29, 0.717) is 6.54 Å². The molecule has 0 aliphatic carbocycles. The van der Waals surface area contributed by atoms with Crippen LogP contribution in [0.25, 0.3) is 0 Å². The van der Waals surface area contributed by atoms with E-state index in [9.17, 15) is 9.50 Å². The molecule has 2 atom stereocenters. The van der Waals surface area contributed by atoms with Gasteiger partial charge in [0, 0.05) is 18.6 Å². The van der Waals surface area contributed by atoms with Crippen LogP contribution in [0.1, 0.15) is 38.3 Å². The number of benzene rings is 1. The lowest BCUT2D eigenvalue weighted by molar-refractivity contribution is 0.135. The van der Waals surface area contributed by atoms with Crippen molar-refractivity contribution in [3.05, 3.63) is 35.6 Å². The van der Waals surface area contributed by atoms with Gasteiger partial charge in [-0.05, 0) is 37.6 Å². The Hall–Kier alpha value is -0.970. The maximum atomic E-state index is 13.4. The van der Waals surface area contributed by atoms with E-state index in [2.05, 4.69) is 11.8 Å². The Balaban J connectivity index is 2.95. The van der Waals surface area contributed by atoms with Crippen molar-refractivity contribution in [2.75, 3.05) is 19.7 Å². The average molecular weight is 268 g/mol. The van der Waals surface area contributed by atoms with Crippen molar-refractivity contribution in [2.24, 2.45) is 5.73 Å². The van der Waals surface area contributed by atoms with Crippen molar-refractivity contribution in [1.29, 1.82) is 0 Å². The lowest BCUT2D eigenvalue weighted by Gasteiger charge is -2.34. The van der Waals surface area contributed by atoms with E-state index in [-0.39, 0.29) is 24.5 Å². The number of halogens is 1. The first-order valence-electron chi connectivity index (χ1n) is 6.96. The van der Waals surface area contributed by atoms with Crippen LogP contribution in [-0.2, 0) is 0 Å². The number of unbranched alkanes of at least 4 members (excludes halogenated alkanes) is 1. The van der Waals surface area contributed by atoms with Gasteiger partial charge in [0.1, 0.15) is 5.82 Å². The Kier molecular flexibility index (Phi) is 6.99. The van der Waals surface area contributed by atoms with Gasteiger partial charge >= 0.3 is 0 Å². The summed E-state index contributed by atoms with van der Waals surface area (Å²) in [5.41, 5.74) is 6.95. The van der Waals surface area contributed by atoms with E-state index in [0.717, 1.165) is 24.9 Å². The molecule has 3 nitrogen and oxygen atoms in total. The lowest BCUT2D eigenvalue weighted by atomic mass is 9.98. The van der Waals surface area contributed by atoms with Crippen molar-refractivity contribution in [1.82, 2.24) is 4.90 Å². The Morgan fingerprint density at radius 2 is 2.11 bits per heavy atom. The van der Waals surface area contributed by atoms with Crippen molar-refractivity contribution >= 4 is 0 Å². The van der Waals surface area contributed by atoms with Crippen LogP contribution in [0.2, 0.25) is 0 Å². The molecule has 0 aliphatic rings. The maximum absolute atomic E-state index is 13.4. The SMILES string of the molecule is CCCCN(CCO)C(c1cccc(F)c1)C(C)N. The van der Waals surface area contributed by atoms with Crippen LogP contribution >= 0.6 is 0 Å². The highest BCUT2D eigenvalue weighted by Gasteiger charge is 2.23. The van der Waals surface area contributed by atoms with Gasteiger partial charge in [-0.2, -0.15) is 0 Å². The summed E-state index contributed by atoms with van der Waals surface area (Å²) in [7, 11) is 0. The van der Waals surface area contributed by atoms with Crippen LogP contribution < -0.4 is 5.73 Å². The van der Waals surface area contributed by atoms with Gasteiger partial charge in [-0.3, -0.25) is 4.90 Å². The Labute approximate surface area is 115 Å². The monoisotopic (exact) mass is 268 g/mol. The quantitative estimate of drug-likeness (QED) is 0.760. The molecule has 19 heavy (non-hydrogen) atoms. The van der Waals surface area contributed by atoms with E-state index in [4.69, 9.17) is 5.73 Å². The van der Waals surface area contributed by atoms with Crippen molar-refractivity contribution < 1.29 is 9.50 Å². The van der Waals surface area contributed by atoms with Gasteiger partial charge < -0.3 is 10.8 Å². The highest BCUT2D eigenvalue weighted by atomic mass is 19.1. The predicted octanol–water partition coefficient (Wildman–Crippen LogP) is 2.31. The number of rotatable bonds is 8. The molecule has 0 aromatic heterocycles. The minimum absolute atomic E-state index is 0.0607. The Morgan fingerprint density at radius 3 is 2.63 bits per heavy atom. The summed E-state index contributed by atoms with van der Waals surface area (Å²) in [6.07, 6.45) is 2.12. The second-order valence-electron chi connectivity index (χ2n) is 4.97. The zero-order valence-electron chi connectivity index (χ0n) is 11.8. The summed E-state index contributed by atoms with van der Waals surface area (Å²) in [4.78, 5) is 2.14. The Morgan fingerprint density at radius 1 is 1.37 bits per heavy atom. The van der Waals surface area contributed by atoms with Crippen LogP contribution in [0.5, 0.6) is 0 Å².